The van der Waals surface area contributed by atoms with Crippen LogP contribution in [0.3, 0.4) is 0 Å². The summed E-state index contributed by atoms with van der Waals surface area (Å²) in [4.78, 5) is 37.7. The molecule has 2 aromatic carbocycles. The van der Waals surface area contributed by atoms with Crippen molar-refractivity contribution in [2.75, 3.05) is 25.0 Å². The van der Waals surface area contributed by atoms with Gasteiger partial charge in [0.15, 0.2) is 17.7 Å². The van der Waals surface area contributed by atoms with Gasteiger partial charge in [-0.15, -0.1) is 0 Å². The minimum Gasteiger partial charge on any atom is -0.394 e. The van der Waals surface area contributed by atoms with Crippen molar-refractivity contribution >= 4 is 23.2 Å². The van der Waals surface area contributed by atoms with Crippen LogP contribution in [0.4, 0.5) is 5.69 Å². The van der Waals surface area contributed by atoms with E-state index in [9.17, 15) is 34.8 Å². The van der Waals surface area contributed by atoms with Crippen LogP contribution in [-0.4, -0.2) is 87.1 Å². The number of nitrogens with one attached hydrogen (secondary N) is 2. The first-order chi connectivity index (χ1) is 15.3. The molecule has 0 heterocycles. The number of rotatable bonds is 9. The van der Waals surface area contributed by atoms with Crippen LogP contribution in [-0.2, 0) is 4.79 Å². The number of benzene rings is 2. The Hall–Kier alpha value is -3.15. The molecule has 0 aromatic heterocycles. The molecule has 2 aromatic rings. The van der Waals surface area contributed by atoms with E-state index in [0.717, 1.165) is 0 Å². The summed E-state index contributed by atoms with van der Waals surface area (Å²) in [6, 6.07) is 11.4. The Morgan fingerprint density at radius 3 is 2.09 bits per heavy atom. The van der Waals surface area contributed by atoms with Crippen LogP contribution in [0.25, 0.3) is 0 Å². The van der Waals surface area contributed by atoms with Gasteiger partial charge in [0.2, 0.25) is 0 Å². The summed E-state index contributed by atoms with van der Waals surface area (Å²) in [6.07, 6.45) is -7.67. The minimum absolute atomic E-state index is 0.0242. The van der Waals surface area contributed by atoms with Crippen molar-refractivity contribution in [3.63, 3.8) is 0 Å². The number of aliphatic hydroxyl groups is 5. The molecule has 1 amide bonds. The fourth-order valence-electron chi connectivity index (χ4n) is 3.46. The van der Waals surface area contributed by atoms with Crippen molar-refractivity contribution in [1.82, 2.24) is 5.32 Å². The lowest BCUT2D eigenvalue weighted by Crippen LogP contribution is -2.52. The van der Waals surface area contributed by atoms with Gasteiger partial charge in [-0.2, -0.15) is 0 Å². The van der Waals surface area contributed by atoms with E-state index in [1.165, 1.54) is 0 Å². The van der Waals surface area contributed by atoms with Crippen molar-refractivity contribution in [1.29, 1.82) is 0 Å². The maximum absolute atomic E-state index is 12.9. The quantitative estimate of drug-likeness (QED) is 0.192. The van der Waals surface area contributed by atoms with Crippen LogP contribution in [0.1, 0.15) is 31.8 Å². The first-order valence-corrected chi connectivity index (χ1v) is 9.94. The number of amides is 1. The Labute approximate surface area is 183 Å². The van der Waals surface area contributed by atoms with Gasteiger partial charge in [-0.25, -0.2) is 0 Å². The predicted molar refractivity (Wildman–Crippen MR) is 112 cm³/mol. The molecule has 0 radical (unpaired) electrons. The van der Waals surface area contributed by atoms with E-state index in [-0.39, 0.29) is 35.8 Å². The molecule has 10 heteroatoms. The standard InChI is InChI=1S/C22H24N2O8/c25-10-15(26)19(29)20(30)21(31)22(32)24-9-8-23-14-7-3-6-13-16(14)18(28)12-5-2-1-4-11(12)17(13)27/h1-7,15,19-21,23,25-26,29-31H,8-10H2,(H,24,32)/t15-,19-,20-,21-/m0/s1. The van der Waals surface area contributed by atoms with Gasteiger partial charge in [0.1, 0.15) is 18.3 Å². The van der Waals surface area contributed by atoms with Crippen molar-refractivity contribution < 1.29 is 39.9 Å². The molecule has 10 nitrogen and oxygen atoms in total. The van der Waals surface area contributed by atoms with Gasteiger partial charge in [0.25, 0.3) is 5.91 Å². The van der Waals surface area contributed by atoms with E-state index in [2.05, 4.69) is 10.6 Å². The molecule has 0 saturated carbocycles. The summed E-state index contributed by atoms with van der Waals surface area (Å²) in [5, 5.41) is 52.5. The number of carbonyl (C=O) groups excluding carboxylic acids is 3. The second kappa shape index (κ2) is 9.98. The maximum Gasteiger partial charge on any atom is 0.251 e. The number of anilines is 1. The van der Waals surface area contributed by atoms with Gasteiger partial charge in [0, 0.05) is 35.5 Å². The van der Waals surface area contributed by atoms with Gasteiger partial charge in [-0.05, 0) is 6.07 Å². The predicted octanol–water partition coefficient (Wildman–Crippen LogP) is -1.57. The van der Waals surface area contributed by atoms with Crippen LogP contribution in [0.15, 0.2) is 42.5 Å². The van der Waals surface area contributed by atoms with E-state index in [1.807, 2.05) is 0 Å². The maximum atomic E-state index is 12.9. The molecule has 0 fully saturated rings. The van der Waals surface area contributed by atoms with Crippen molar-refractivity contribution in [2.24, 2.45) is 0 Å². The van der Waals surface area contributed by atoms with Gasteiger partial charge in [-0.3, -0.25) is 14.4 Å². The summed E-state index contributed by atoms with van der Waals surface area (Å²) in [6.45, 7) is -0.761. The molecular weight excluding hydrogens is 420 g/mol. The zero-order chi connectivity index (χ0) is 23.4. The summed E-state index contributed by atoms with van der Waals surface area (Å²) in [5.41, 5.74) is 1.58. The topological polar surface area (TPSA) is 176 Å². The normalized spacial score (nSPS) is 16.4. The summed E-state index contributed by atoms with van der Waals surface area (Å²) < 4.78 is 0. The SMILES string of the molecule is O=C1c2ccccc2C(=O)c2c(NCCNC(=O)[C@@H](O)[C@@H](O)[C@@H](O)[C@@H](O)CO)cccc21. The number of aliphatic hydroxyl groups excluding tert-OH is 5. The van der Waals surface area contributed by atoms with Crippen LogP contribution < -0.4 is 10.6 Å². The van der Waals surface area contributed by atoms with Crippen molar-refractivity contribution in [2.45, 2.75) is 24.4 Å². The Kier molecular flexibility index (Phi) is 7.33. The minimum atomic E-state index is -2.04. The van der Waals surface area contributed by atoms with Crippen LogP contribution in [0, 0.1) is 0 Å². The van der Waals surface area contributed by atoms with E-state index >= 15 is 0 Å². The van der Waals surface area contributed by atoms with E-state index in [4.69, 9.17) is 5.11 Å². The molecule has 0 bridgehead atoms. The summed E-state index contributed by atoms with van der Waals surface area (Å²) in [5.74, 6) is -1.55. The molecule has 0 spiro atoms. The van der Waals surface area contributed by atoms with Crippen LogP contribution in [0.2, 0.25) is 0 Å². The highest BCUT2D eigenvalue weighted by Gasteiger charge is 2.34. The smallest absolute Gasteiger partial charge is 0.251 e. The van der Waals surface area contributed by atoms with Gasteiger partial charge in [0.05, 0.1) is 12.2 Å². The molecular formula is C22H24N2O8. The van der Waals surface area contributed by atoms with Crippen LogP contribution >= 0.6 is 0 Å². The molecule has 3 rings (SSSR count). The molecule has 32 heavy (non-hydrogen) atoms. The number of ketones is 2. The Balaban J connectivity index is 1.62. The lowest BCUT2D eigenvalue weighted by molar-refractivity contribution is -0.148. The molecule has 1 aliphatic rings. The van der Waals surface area contributed by atoms with E-state index in [1.54, 1.807) is 42.5 Å². The lowest BCUT2D eigenvalue weighted by atomic mass is 9.83. The molecule has 170 valence electrons. The molecule has 7 N–H and O–H groups in total. The molecule has 4 atom stereocenters. The second-order valence-electron chi connectivity index (χ2n) is 7.33. The molecule has 0 aliphatic heterocycles. The number of fused-ring (bicyclic) bond motifs is 2. The van der Waals surface area contributed by atoms with Gasteiger partial charge in [-0.1, -0.05) is 36.4 Å². The highest BCUT2D eigenvalue weighted by molar-refractivity contribution is 6.30. The average Bonchev–Trinajstić information content (AvgIpc) is 2.82. The first-order valence-electron chi connectivity index (χ1n) is 9.94. The summed E-state index contributed by atoms with van der Waals surface area (Å²) >= 11 is 0. The zero-order valence-electron chi connectivity index (χ0n) is 16.9. The first kappa shape index (κ1) is 23.5. The monoisotopic (exact) mass is 444 g/mol. The lowest BCUT2D eigenvalue weighted by Gasteiger charge is -2.25. The molecule has 0 unspecified atom stereocenters. The van der Waals surface area contributed by atoms with E-state index < -0.39 is 36.9 Å². The fourth-order valence-corrected chi connectivity index (χ4v) is 3.46. The van der Waals surface area contributed by atoms with Gasteiger partial charge >= 0.3 is 0 Å². The highest BCUT2D eigenvalue weighted by Crippen LogP contribution is 2.31. The molecule has 0 saturated heterocycles. The number of hydrogen-bond donors (Lipinski definition) is 7. The Morgan fingerprint density at radius 2 is 1.44 bits per heavy atom. The average molecular weight is 444 g/mol. The third-order valence-electron chi connectivity index (χ3n) is 5.22. The van der Waals surface area contributed by atoms with E-state index in [0.29, 0.717) is 16.8 Å². The van der Waals surface area contributed by atoms with Crippen molar-refractivity contribution in [3.8, 4) is 0 Å². The number of hydrogen-bond acceptors (Lipinski definition) is 9. The largest absolute Gasteiger partial charge is 0.394 e. The molecule has 1 aliphatic carbocycles. The van der Waals surface area contributed by atoms with Crippen LogP contribution in [0.5, 0.6) is 0 Å². The third kappa shape index (κ3) is 4.54. The fraction of sp³-hybridized carbons (Fsp3) is 0.318. The number of carbonyl (C=O) groups is 3. The Bertz CT molecular complexity index is 1020. The summed E-state index contributed by atoms with van der Waals surface area (Å²) in [7, 11) is 0. The second-order valence-corrected chi connectivity index (χ2v) is 7.33. The van der Waals surface area contributed by atoms with Gasteiger partial charge < -0.3 is 36.2 Å². The highest BCUT2D eigenvalue weighted by atomic mass is 16.4. The Morgan fingerprint density at radius 1 is 0.812 bits per heavy atom. The third-order valence-corrected chi connectivity index (χ3v) is 5.22. The van der Waals surface area contributed by atoms with Crippen molar-refractivity contribution in [3.05, 3.63) is 64.7 Å². The zero-order valence-corrected chi connectivity index (χ0v) is 16.9.